The van der Waals surface area contributed by atoms with Crippen LogP contribution in [0.15, 0.2) is 0 Å². The maximum Gasteiger partial charge on any atom is 0.225 e. The van der Waals surface area contributed by atoms with Gasteiger partial charge in [0, 0.05) is 32.2 Å². The lowest BCUT2D eigenvalue weighted by molar-refractivity contribution is -0.130. The number of carbonyl (C=O) groups is 2. The lowest BCUT2D eigenvalue weighted by atomic mass is 10.1. The quantitative estimate of drug-likeness (QED) is 0.631. The molecular weight excluding hydrogens is 272 g/mol. The number of carbonyl (C=O) groups excluding carboxylic acids is 2. The molecule has 120 valence electrons. The molecule has 1 saturated carbocycles. The van der Waals surface area contributed by atoms with E-state index in [4.69, 9.17) is 9.84 Å². The van der Waals surface area contributed by atoms with Crippen LogP contribution in [0, 0.1) is 5.92 Å². The third-order valence-electron chi connectivity index (χ3n) is 4.30. The zero-order valence-electron chi connectivity index (χ0n) is 12.6. The van der Waals surface area contributed by atoms with Crippen LogP contribution in [0.2, 0.25) is 0 Å². The second-order valence-corrected chi connectivity index (χ2v) is 5.87. The summed E-state index contributed by atoms with van der Waals surface area (Å²) in [7, 11) is 0. The number of aliphatic hydroxyl groups is 1. The molecule has 1 aliphatic carbocycles. The average molecular weight is 298 g/mol. The Hall–Kier alpha value is -1.14. The first kappa shape index (κ1) is 16.2. The summed E-state index contributed by atoms with van der Waals surface area (Å²) in [6.07, 6.45) is 5.63. The minimum atomic E-state index is -0.198. The molecule has 0 bridgehead atoms. The maximum absolute atomic E-state index is 12.1. The molecule has 1 atom stereocenters. The normalized spacial score (nSPS) is 23.0. The fourth-order valence-electron chi connectivity index (χ4n) is 3.17. The molecule has 0 spiro atoms. The van der Waals surface area contributed by atoms with Crippen molar-refractivity contribution in [2.45, 2.75) is 44.6 Å². The SMILES string of the molecule is O=C(NCCCOCCO)C1CC(=O)N(C2CCCC2)C1. The van der Waals surface area contributed by atoms with Crippen molar-refractivity contribution in [3.8, 4) is 0 Å². The molecule has 0 aromatic heterocycles. The number of rotatable bonds is 8. The van der Waals surface area contributed by atoms with Crippen molar-refractivity contribution < 1.29 is 19.4 Å². The molecule has 1 heterocycles. The van der Waals surface area contributed by atoms with Crippen molar-refractivity contribution in [3.05, 3.63) is 0 Å². The standard InChI is InChI=1S/C15H26N2O4/c18-7-9-21-8-3-6-16-15(20)12-10-14(19)17(11-12)13-4-1-2-5-13/h12-13,18H,1-11H2,(H,16,20). The number of hydrogen-bond acceptors (Lipinski definition) is 4. The number of ether oxygens (including phenoxy) is 1. The van der Waals surface area contributed by atoms with Crippen LogP contribution in [-0.2, 0) is 14.3 Å². The van der Waals surface area contributed by atoms with E-state index in [0.29, 0.717) is 38.8 Å². The third kappa shape index (κ3) is 4.68. The van der Waals surface area contributed by atoms with Crippen molar-refractivity contribution in [2.75, 3.05) is 32.9 Å². The van der Waals surface area contributed by atoms with E-state index in [1.54, 1.807) is 0 Å². The molecule has 0 aromatic rings. The smallest absolute Gasteiger partial charge is 0.225 e. The van der Waals surface area contributed by atoms with Gasteiger partial charge >= 0.3 is 0 Å². The first-order valence-corrected chi connectivity index (χ1v) is 7.98. The lowest BCUT2D eigenvalue weighted by Crippen LogP contribution is -2.37. The summed E-state index contributed by atoms with van der Waals surface area (Å²) in [6.45, 7) is 2.02. The van der Waals surface area contributed by atoms with Gasteiger partial charge in [0.1, 0.15) is 0 Å². The van der Waals surface area contributed by atoms with E-state index >= 15 is 0 Å². The maximum atomic E-state index is 12.1. The number of amides is 2. The number of nitrogens with one attached hydrogen (secondary N) is 1. The molecule has 1 unspecified atom stereocenters. The Morgan fingerprint density at radius 2 is 2.10 bits per heavy atom. The summed E-state index contributed by atoms with van der Waals surface area (Å²) in [4.78, 5) is 26.0. The van der Waals surface area contributed by atoms with E-state index in [9.17, 15) is 9.59 Å². The van der Waals surface area contributed by atoms with E-state index < -0.39 is 0 Å². The van der Waals surface area contributed by atoms with Gasteiger partial charge in [-0.2, -0.15) is 0 Å². The lowest BCUT2D eigenvalue weighted by Gasteiger charge is -2.23. The van der Waals surface area contributed by atoms with Gasteiger partial charge in [-0.15, -0.1) is 0 Å². The average Bonchev–Trinajstić information content (AvgIpc) is 3.11. The molecule has 2 fully saturated rings. The van der Waals surface area contributed by atoms with Gasteiger partial charge in [-0.3, -0.25) is 9.59 Å². The highest BCUT2D eigenvalue weighted by Crippen LogP contribution is 2.29. The first-order valence-electron chi connectivity index (χ1n) is 7.98. The fourth-order valence-corrected chi connectivity index (χ4v) is 3.17. The number of aliphatic hydroxyl groups excluding tert-OH is 1. The number of likely N-dealkylation sites (tertiary alicyclic amines) is 1. The summed E-state index contributed by atoms with van der Waals surface area (Å²) in [5.74, 6) is -0.0872. The summed E-state index contributed by atoms with van der Waals surface area (Å²) >= 11 is 0. The molecule has 0 aromatic carbocycles. The molecule has 0 radical (unpaired) electrons. The van der Waals surface area contributed by atoms with Crippen molar-refractivity contribution in [1.82, 2.24) is 10.2 Å². The van der Waals surface area contributed by atoms with Crippen LogP contribution < -0.4 is 5.32 Å². The van der Waals surface area contributed by atoms with Crippen LogP contribution in [0.25, 0.3) is 0 Å². The van der Waals surface area contributed by atoms with Crippen molar-refractivity contribution >= 4 is 11.8 Å². The van der Waals surface area contributed by atoms with Gasteiger partial charge in [-0.1, -0.05) is 12.8 Å². The summed E-state index contributed by atoms with van der Waals surface area (Å²) in [5.41, 5.74) is 0. The summed E-state index contributed by atoms with van der Waals surface area (Å²) in [6, 6.07) is 0.363. The fraction of sp³-hybridized carbons (Fsp3) is 0.867. The molecule has 2 rings (SSSR count). The molecule has 21 heavy (non-hydrogen) atoms. The molecule has 2 amide bonds. The monoisotopic (exact) mass is 298 g/mol. The Labute approximate surface area is 125 Å². The molecule has 1 aliphatic heterocycles. The van der Waals surface area contributed by atoms with Gasteiger partial charge in [-0.25, -0.2) is 0 Å². The molecular formula is C15H26N2O4. The second-order valence-electron chi connectivity index (χ2n) is 5.87. The Kier molecular flexibility index (Phi) is 6.45. The number of hydrogen-bond donors (Lipinski definition) is 2. The van der Waals surface area contributed by atoms with Crippen LogP contribution in [0.3, 0.4) is 0 Å². The highest BCUT2D eigenvalue weighted by molar-refractivity contribution is 5.89. The van der Waals surface area contributed by atoms with Crippen molar-refractivity contribution in [2.24, 2.45) is 5.92 Å². The van der Waals surface area contributed by atoms with Crippen LogP contribution in [0.1, 0.15) is 38.5 Å². The zero-order chi connectivity index (χ0) is 15.1. The number of nitrogens with zero attached hydrogens (tertiary/aromatic N) is 1. The molecule has 2 aliphatic rings. The van der Waals surface area contributed by atoms with Gasteiger partial charge < -0.3 is 20.1 Å². The second kappa shape index (κ2) is 8.34. The minimum Gasteiger partial charge on any atom is -0.394 e. The molecule has 6 nitrogen and oxygen atoms in total. The summed E-state index contributed by atoms with van der Waals surface area (Å²) in [5, 5.41) is 11.4. The van der Waals surface area contributed by atoms with Gasteiger partial charge in [0.25, 0.3) is 0 Å². The van der Waals surface area contributed by atoms with E-state index in [2.05, 4.69) is 5.32 Å². The van der Waals surface area contributed by atoms with Gasteiger partial charge in [0.05, 0.1) is 19.1 Å². The Bertz CT molecular complexity index is 356. The van der Waals surface area contributed by atoms with Crippen LogP contribution in [0.4, 0.5) is 0 Å². The van der Waals surface area contributed by atoms with Gasteiger partial charge in [0.2, 0.25) is 11.8 Å². The predicted octanol–water partition coefficient (Wildman–Crippen LogP) is 0.293. The van der Waals surface area contributed by atoms with Crippen LogP contribution >= 0.6 is 0 Å². The Balaban J connectivity index is 1.65. The Morgan fingerprint density at radius 3 is 2.81 bits per heavy atom. The topological polar surface area (TPSA) is 78.9 Å². The highest BCUT2D eigenvalue weighted by Gasteiger charge is 2.38. The van der Waals surface area contributed by atoms with E-state index in [0.717, 1.165) is 19.3 Å². The summed E-state index contributed by atoms with van der Waals surface area (Å²) < 4.78 is 5.13. The van der Waals surface area contributed by atoms with Crippen molar-refractivity contribution in [3.63, 3.8) is 0 Å². The van der Waals surface area contributed by atoms with E-state index in [1.165, 1.54) is 12.8 Å². The predicted molar refractivity (Wildman–Crippen MR) is 77.6 cm³/mol. The minimum absolute atomic E-state index is 0.0214. The third-order valence-corrected chi connectivity index (χ3v) is 4.30. The largest absolute Gasteiger partial charge is 0.394 e. The van der Waals surface area contributed by atoms with Crippen LogP contribution in [-0.4, -0.2) is 60.8 Å². The van der Waals surface area contributed by atoms with Crippen molar-refractivity contribution in [1.29, 1.82) is 0 Å². The van der Waals surface area contributed by atoms with Crippen LogP contribution in [0.5, 0.6) is 0 Å². The van der Waals surface area contributed by atoms with Gasteiger partial charge in [0.15, 0.2) is 0 Å². The van der Waals surface area contributed by atoms with E-state index in [-0.39, 0.29) is 24.3 Å². The highest BCUT2D eigenvalue weighted by atomic mass is 16.5. The first-order chi connectivity index (χ1) is 10.2. The Morgan fingerprint density at radius 1 is 1.33 bits per heavy atom. The zero-order valence-corrected chi connectivity index (χ0v) is 12.6. The molecule has 2 N–H and O–H groups in total. The van der Waals surface area contributed by atoms with Gasteiger partial charge in [-0.05, 0) is 19.3 Å². The van der Waals surface area contributed by atoms with E-state index in [1.807, 2.05) is 4.90 Å². The molecule has 6 heteroatoms. The molecule has 1 saturated heterocycles.